The second-order valence-corrected chi connectivity index (χ2v) is 4.86. The van der Waals surface area contributed by atoms with Crippen LogP contribution in [0.5, 0.6) is 0 Å². The third kappa shape index (κ3) is 2.54. The zero-order chi connectivity index (χ0) is 14.8. The van der Waals surface area contributed by atoms with Crippen molar-refractivity contribution in [2.45, 2.75) is 27.2 Å². The lowest BCUT2D eigenvalue weighted by Crippen LogP contribution is -2.05. The van der Waals surface area contributed by atoms with Gasteiger partial charge in [-0.2, -0.15) is 9.78 Å². The molecule has 7 heteroatoms. The molecule has 0 amide bonds. The van der Waals surface area contributed by atoms with E-state index in [-0.39, 0.29) is 0 Å². The van der Waals surface area contributed by atoms with Crippen LogP contribution in [0.15, 0.2) is 18.6 Å². The summed E-state index contributed by atoms with van der Waals surface area (Å²) >= 11 is 0. The average molecular weight is 283 g/mol. The first kappa shape index (κ1) is 13.4. The molecule has 0 atom stereocenters. The van der Waals surface area contributed by atoms with Gasteiger partial charge in [-0.1, -0.05) is 6.92 Å². The van der Waals surface area contributed by atoms with E-state index in [9.17, 15) is 0 Å². The van der Waals surface area contributed by atoms with Gasteiger partial charge in [0, 0.05) is 18.3 Å². The summed E-state index contributed by atoms with van der Waals surface area (Å²) in [6, 6.07) is 1.89. The Bertz CT molecular complexity index is 758. The van der Waals surface area contributed by atoms with Gasteiger partial charge in [0.05, 0.1) is 11.6 Å². The molecule has 3 rings (SSSR count). The number of anilines is 1. The van der Waals surface area contributed by atoms with Gasteiger partial charge < -0.3 is 5.32 Å². The quantitative estimate of drug-likeness (QED) is 0.789. The number of aromatic nitrogens is 6. The van der Waals surface area contributed by atoms with Crippen LogP contribution in [-0.4, -0.2) is 36.3 Å². The van der Waals surface area contributed by atoms with Gasteiger partial charge in [0.1, 0.15) is 18.0 Å². The van der Waals surface area contributed by atoms with Gasteiger partial charge in [-0.25, -0.2) is 19.9 Å². The van der Waals surface area contributed by atoms with Crippen molar-refractivity contribution in [1.82, 2.24) is 29.7 Å². The molecule has 0 unspecified atom stereocenters. The Kier molecular flexibility index (Phi) is 3.47. The van der Waals surface area contributed by atoms with Crippen LogP contribution in [0.4, 0.5) is 5.82 Å². The molecule has 0 saturated heterocycles. The minimum atomic E-state index is 0.715. The average Bonchev–Trinajstić information content (AvgIpc) is 2.88. The molecule has 1 N–H and O–H groups in total. The standard InChI is InChI=1S/C14H17N7/c1-4-5-15-13-11-7-18-21(14(11)17-8-16-13)12-6-9(2)19-10(3)20-12/h6-8H,4-5H2,1-3H3,(H,15,16,17). The maximum Gasteiger partial charge on any atom is 0.170 e. The summed E-state index contributed by atoms with van der Waals surface area (Å²) in [5, 5.41) is 8.58. The number of rotatable bonds is 4. The summed E-state index contributed by atoms with van der Waals surface area (Å²) in [7, 11) is 0. The smallest absolute Gasteiger partial charge is 0.170 e. The number of fused-ring (bicyclic) bond motifs is 1. The monoisotopic (exact) mass is 283 g/mol. The van der Waals surface area contributed by atoms with Crippen molar-refractivity contribution in [1.29, 1.82) is 0 Å². The number of hydrogen-bond donors (Lipinski definition) is 1. The maximum absolute atomic E-state index is 4.43. The number of hydrogen-bond acceptors (Lipinski definition) is 6. The van der Waals surface area contributed by atoms with E-state index in [1.807, 2.05) is 19.9 Å². The number of nitrogens with zero attached hydrogens (tertiary/aromatic N) is 6. The van der Waals surface area contributed by atoms with E-state index >= 15 is 0 Å². The summed E-state index contributed by atoms with van der Waals surface area (Å²) in [6.07, 6.45) is 4.34. The molecular formula is C14H17N7. The highest BCUT2D eigenvalue weighted by atomic mass is 15.3. The van der Waals surface area contributed by atoms with Gasteiger partial charge in [-0.15, -0.1) is 0 Å². The highest BCUT2D eigenvalue weighted by Crippen LogP contribution is 2.21. The number of aryl methyl sites for hydroxylation is 2. The zero-order valence-electron chi connectivity index (χ0n) is 12.3. The Morgan fingerprint density at radius 1 is 1.19 bits per heavy atom. The summed E-state index contributed by atoms with van der Waals surface area (Å²) in [6.45, 7) is 6.78. The van der Waals surface area contributed by atoms with Gasteiger partial charge in [-0.3, -0.25) is 0 Å². The molecule has 0 bridgehead atoms. The SMILES string of the molecule is CCCNc1ncnc2c1cnn2-c1cc(C)nc(C)n1. The van der Waals surface area contributed by atoms with Gasteiger partial charge in [-0.05, 0) is 20.3 Å². The summed E-state index contributed by atoms with van der Waals surface area (Å²) in [5.74, 6) is 2.23. The van der Waals surface area contributed by atoms with Crippen LogP contribution in [0, 0.1) is 13.8 Å². The Balaban J connectivity index is 2.12. The molecule has 0 saturated carbocycles. The van der Waals surface area contributed by atoms with Crippen LogP contribution >= 0.6 is 0 Å². The largest absolute Gasteiger partial charge is 0.369 e. The predicted octanol–water partition coefficient (Wildman–Crippen LogP) is 2.04. The van der Waals surface area contributed by atoms with E-state index in [0.29, 0.717) is 5.82 Å². The molecule has 0 spiro atoms. The van der Waals surface area contributed by atoms with E-state index in [2.05, 4.69) is 37.3 Å². The molecule has 3 aromatic heterocycles. The Labute approximate surface area is 122 Å². The lowest BCUT2D eigenvalue weighted by atomic mass is 10.3. The zero-order valence-corrected chi connectivity index (χ0v) is 12.3. The van der Waals surface area contributed by atoms with Crippen molar-refractivity contribution >= 4 is 16.9 Å². The van der Waals surface area contributed by atoms with E-state index in [1.54, 1.807) is 17.2 Å². The highest BCUT2D eigenvalue weighted by Gasteiger charge is 2.12. The molecule has 0 aliphatic carbocycles. The Morgan fingerprint density at radius 3 is 2.81 bits per heavy atom. The second kappa shape index (κ2) is 5.43. The van der Waals surface area contributed by atoms with Gasteiger partial charge in [0.2, 0.25) is 0 Å². The molecule has 0 aliphatic heterocycles. The molecular weight excluding hydrogens is 266 g/mol. The molecule has 3 heterocycles. The van der Waals surface area contributed by atoms with Crippen molar-refractivity contribution in [3.63, 3.8) is 0 Å². The topological polar surface area (TPSA) is 81.4 Å². The second-order valence-electron chi connectivity index (χ2n) is 4.86. The summed E-state index contributed by atoms with van der Waals surface area (Å²) in [5.41, 5.74) is 1.64. The van der Waals surface area contributed by atoms with Crippen LogP contribution in [0.25, 0.3) is 16.9 Å². The first-order valence-corrected chi connectivity index (χ1v) is 6.94. The van der Waals surface area contributed by atoms with Gasteiger partial charge in [0.15, 0.2) is 11.5 Å². The first-order valence-electron chi connectivity index (χ1n) is 6.94. The highest BCUT2D eigenvalue weighted by molar-refractivity contribution is 5.86. The minimum absolute atomic E-state index is 0.715. The van der Waals surface area contributed by atoms with E-state index in [0.717, 1.165) is 41.3 Å². The van der Waals surface area contributed by atoms with Crippen molar-refractivity contribution in [2.24, 2.45) is 0 Å². The van der Waals surface area contributed by atoms with E-state index in [1.165, 1.54) is 0 Å². The van der Waals surface area contributed by atoms with E-state index in [4.69, 9.17) is 0 Å². The van der Waals surface area contributed by atoms with Crippen LogP contribution < -0.4 is 5.32 Å². The molecule has 0 aromatic carbocycles. The van der Waals surface area contributed by atoms with Crippen LogP contribution in [0.2, 0.25) is 0 Å². The molecule has 0 aliphatic rings. The molecule has 3 aromatic rings. The fraction of sp³-hybridized carbons (Fsp3) is 0.357. The normalized spacial score (nSPS) is 11.0. The van der Waals surface area contributed by atoms with Crippen molar-refractivity contribution in [3.8, 4) is 5.82 Å². The first-order chi connectivity index (χ1) is 10.2. The minimum Gasteiger partial charge on any atom is -0.369 e. The van der Waals surface area contributed by atoms with Crippen molar-refractivity contribution in [2.75, 3.05) is 11.9 Å². The molecule has 0 radical (unpaired) electrons. The Morgan fingerprint density at radius 2 is 2.05 bits per heavy atom. The maximum atomic E-state index is 4.43. The molecule has 7 nitrogen and oxygen atoms in total. The van der Waals surface area contributed by atoms with E-state index < -0.39 is 0 Å². The molecule has 108 valence electrons. The van der Waals surface area contributed by atoms with Crippen LogP contribution in [0.1, 0.15) is 24.9 Å². The fourth-order valence-corrected chi connectivity index (χ4v) is 2.20. The lowest BCUT2D eigenvalue weighted by Gasteiger charge is -2.06. The third-order valence-corrected chi connectivity index (χ3v) is 3.08. The summed E-state index contributed by atoms with van der Waals surface area (Å²) < 4.78 is 1.72. The predicted molar refractivity (Wildman–Crippen MR) is 80.5 cm³/mol. The number of nitrogens with one attached hydrogen (secondary N) is 1. The van der Waals surface area contributed by atoms with Gasteiger partial charge in [0.25, 0.3) is 0 Å². The van der Waals surface area contributed by atoms with Crippen LogP contribution in [0.3, 0.4) is 0 Å². The van der Waals surface area contributed by atoms with Gasteiger partial charge >= 0.3 is 0 Å². The van der Waals surface area contributed by atoms with Crippen LogP contribution in [-0.2, 0) is 0 Å². The van der Waals surface area contributed by atoms with Crippen molar-refractivity contribution < 1.29 is 0 Å². The lowest BCUT2D eigenvalue weighted by molar-refractivity contribution is 0.835. The fourth-order valence-electron chi connectivity index (χ4n) is 2.20. The molecule has 21 heavy (non-hydrogen) atoms. The summed E-state index contributed by atoms with van der Waals surface area (Å²) in [4.78, 5) is 17.3. The van der Waals surface area contributed by atoms with Crippen molar-refractivity contribution in [3.05, 3.63) is 30.1 Å². The Hall–Kier alpha value is -2.57. The third-order valence-electron chi connectivity index (χ3n) is 3.08. The molecule has 0 fully saturated rings.